The first kappa shape index (κ1) is 14.4. The van der Waals surface area contributed by atoms with Crippen LogP contribution >= 0.6 is 11.8 Å². The maximum atomic E-state index is 5.86. The summed E-state index contributed by atoms with van der Waals surface area (Å²) in [4.78, 5) is 0. The van der Waals surface area contributed by atoms with Crippen molar-refractivity contribution in [3.05, 3.63) is 29.3 Å². The van der Waals surface area contributed by atoms with Crippen molar-refractivity contribution in [3.63, 3.8) is 0 Å². The lowest BCUT2D eigenvalue weighted by atomic mass is 10.0. The largest absolute Gasteiger partial charge is 0.493 e. The first-order valence-corrected chi connectivity index (χ1v) is 7.49. The summed E-state index contributed by atoms with van der Waals surface area (Å²) in [6, 6.07) is 6.50. The van der Waals surface area contributed by atoms with Crippen LogP contribution in [0.3, 0.4) is 0 Å². The number of benzene rings is 1. The molecule has 1 atom stereocenters. The van der Waals surface area contributed by atoms with E-state index in [2.05, 4.69) is 31.4 Å². The maximum absolute atomic E-state index is 5.86. The molecular weight excluding hydrogens is 230 g/mol. The summed E-state index contributed by atoms with van der Waals surface area (Å²) < 4.78 is 5.83. The molecule has 1 aromatic carbocycles. The minimum Gasteiger partial charge on any atom is -0.493 e. The first-order valence-electron chi connectivity index (χ1n) is 6.10. The summed E-state index contributed by atoms with van der Waals surface area (Å²) in [5.41, 5.74) is 8.35. The van der Waals surface area contributed by atoms with Crippen molar-refractivity contribution in [2.45, 2.75) is 32.7 Å². The lowest BCUT2D eigenvalue weighted by Gasteiger charge is -2.13. The number of hydrogen-bond donors (Lipinski definition) is 1. The van der Waals surface area contributed by atoms with Crippen molar-refractivity contribution >= 4 is 11.8 Å². The van der Waals surface area contributed by atoms with Crippen LogP contribution in [0.15, 0.2) is 18.2 Å². The zero-order valence-corrected chi connectivity index (χ0v) is 11.8. The number of hydrogen-bond acceptors (Lipinski definition) is 3. The van der Waals surface area contributed by atoms with Crippen LogP contribution in [0.2, 0.25) is 0 Å². The van der Waals surface area contributed by atoms with Crippen LogP contribution in [0.4, 0.5) is 0 Å². The van der Waals surface area contributed by atoms with Crippen LogP contribution < -0.4 is 10.5 Å². The molecule has 1 rings (SSSR count). The predicted molar refractivity (Wildman–Crippen MR) is 77.0 cm³/mol. The summed E-state index contributed by atoms with van der Waals surface area (Å²) in [5, 5.41) is 0. The van der Waals surface area contributed by atoms with Gasteiger partial charge in [-0.1, -0.05) is 17.7 Å². The topological polar surface area (TPSA) is 35.2 Å². The third-order valence-electron chi connectivity index (χ3n) is 2.51. The molecule has 2 nitrogen and oxygen atoms in total. The van der Waals surface area contributed by atoms with Crippen molar-refractivity contribution < 1.29 is 4.74 Å². The van der Waals surface area contributed by atoms with Crippen LogP contribution in [0, 0.1) is 6.92 Å². The Morgan fingerprint density at radius 2 is 2.18 bits per heavy atom. The van der Waals surface area contributed by atoms with E-state index in [9.17, 15) is 0 Å². The van der Waals surface area contributed by atoms with E-state index in [-0.39, 0.29) is 6.04 Å². The molecule has 0 saturated heterocycles. The Hall–Kier alpha value is -0.670. The molecule has 1 unspecified atom stereocenters. The van der Waals surface area contributed by atoms with Gasteiger partial charge in [-0.25, -0.2) is 0 Å². The Labute approximate surface area is 109 Å². The molecule has 0 heterocycles. The van der Waals surface area contributed by atoms with Gasteiger partial charge in [0.2, 0.25) is 0 Å². The Morgan fingerprint density at radius 3 is 2.82 bits per heavy atom. The third-order valence-corrected chi connectivity index (χ3v) is 3.21. The van der Waals surface area contributed by atoms with Gasteiger partial charge in [-0.3, -0.25) is 0 Å². The Bertz CT molecular complexity index is 339. The highest BCUT2D eigenvalue weighted by atomic mass is 32.2. The standard InChI is InChI=1S/C14H23NOS/c1-11-5-6-14(16-7-4-8-17-3)13(9-11)10-12(2)15/h5-6,9,12H,4,7-8,10,15H2,1-3H3. The summed E-state index contributed by atoms with van der Waals surface area (Å²) >= 11 is 1.85. The fraction of sp³-hybridized carbons (Fsp3) is 0.571. The van der Waals surface area contributed by atoms with Crippen LogP contribution in [-0.4, -0.2) is 24.7 Å². The van der Waals surface area contributed by atoms with Gasteiger partial charge in [-0.15, -0.1) is 0 Å². The highest BCUT2D eigenvalue weighted by molar-refractivity contribution is 7.98. The normalized spacial score (nSPS) is 12.5. The average molecular weight is 253 g/mol. The van der Waals surface area contributed by atoms with Gasteiger partial charge in [0.25, 0.3) is 0 Å². The van der Waals surface area contributed by atoms with Crippen molar-refractivity contribution in [2.75, 3.05) is 18.6 Å². The molecule has 0 saturated carbocycles. The third kappa shape index (κ3) is 5.46. The molecule has 3 heteroatoms. The predicted octanol–water partition coefficient (Wildman–Crippen LogP) is 3.02. The van der Waals surface area contributed by atoms with Crippen LogP contribution in [0.25, 0.3) is 0 Å². The second kappa shape index (κ2) is 7.62. The van der Waals surface area contributed by atoms with Gasteiger partial charge < -0.3 is 10.5 Å². The summed E-state index contributed by atoms with van der Waals surface area (Å²) in [6.07, 6.45) is 4.08. The quantitative estimate of drug-likeness (QED) is 0.759. The number of thioether (sulfide) groups is 1. The number of aryl methyl sites for hydroxylation is 1. The average Bonchev–Trinajstić information content (AvgIpc) is 2.26. The summed E-state index contributed by atoms with van der Waals surface area (Å²) in [5.74, 6) is 2.14. The molecule has 0 aliphatic heterocycles. The van der Waals surface area contributed by atoms with Gasteiger partial charge >= 0.3 is 0 Å². The molecule has 0 bridgehead atoms. The van der Waals surface area contributed by atoms with Crippen molar-refractivity contribution in [1.82, 2.24) is 0 Å². The van der Waals surface area contributed by atoms with Crippen LogP contribution in [0.5, 0.6) is 5.75 Å². The fourth-order valence-electron chi connectivity index (χ4n) is 1.74. The zero-order valence-electron chi connectivity index (χ0n) is 11.0. The molecule has 0 aromatic heterocycles. The van der Waals surface area contributed by atoms with Crippen LogP contribution in [0.1, 0.15) is 24.5 Å². The molecule has 1 aromatic rings. The van der Waals surface area contributed by atoms with Crippen LogP contribution in [-0.2, 0) is 6.42 Å². The highest BCUT2D eigenvalue weighted by Gasteiger charge is 2.06. The van der Waals surface area contributed by atoms with Gasteiger partial charge in [-0.05, 0) is 50.3 Å². The second-order valence-electron chi connectivity index (χ2n) is 4.49. The number of rotatable bonds is 7. The second-order valence-corrected chi connectivity index (χ2v) is 5.47. The molecule has 0 radical (unpaired) electrons. The van der Waals surface area contributed by atoms with E-state index in [1.807, 2.05) is 18.7 Å². The van der Waals surface area contributed by atoms with E-state index in [1.165, 1.54) is 11.1 Å². The zero-order chi connectivity index (χ0) is 12.7. The SMILES string of the molecule is CSCCCOc1ccc(C)cc1CC(C)N. The molecular formula is C14H23NOS. The smallest absolute Gasteiger partial charge is 0.122 e. The van der Waals surface area contributed by atoms with Gasteiger partial charge in [0.1, 0.15) is 5.75 Å². The molecule has 0 amide bonds. The summed E-state index contributed by atoms with van der Waals surface area (Å²) in [7, 11) is 0. The van der Waals surface area contributed by atoms with Crippen molar-refractivity contribution in [2.24, 2.45) is 5.73 Å². The van der Waals surface area contributed by atoms with Gasteiger partial charge in [0, 0.05) is 6.04 Å². The van der Waals surface area contributed by atoms with E-state index in [1.54, 1.807) is 0 Å². The van der Waals surface area contributed by atoms with Gasteiger partial charge in [0.05, 0.1) is 6.61 Å². The number of nitrogens with two attached hydrogens (primary N) is 1. The lowest BCUT2D eigenvalue weighted by Crippen LogP contribution is -2.18. The maximum Gasteiger partial charge on any atom is 0.122 e. The molecule has 17 heavy (non-hydrogen) atoms. The van der Waals surface area contributed by atoms with E-state index in [0.29, 0.717) is 0 Å². The Kier molecular flexibility index (Phi) is 6.45. The summed E-state index contributed by atoms with van der Waals surface area (Å²) in [6.45, 7) is 4.91. The Morgan fingerprint density at radius 1 is 1.41 bits per heavy atom. The fourth-order valence-corrected chi connectivity index (χ4v) is 2.15. The first-order chi connectivity index (χ1) is 8.13. The lowest BCUT2D eigenvalue weighted by molar-refractivity contribution is 0.315. The van der Waals surface area contributed by atoms with E-state index in [0.717, 1.165) is 31.0 Å². The van der Waals surface area contributed by atoms with E-state index in [4.69, 9.17) is 10.5 Å². The van der Waals surface area contributed by atoms with E-state index < -0.39 is 0 Å². The highest BCUT2D eigenvalue weighted by Crippen LogP contribution is 2.21. The van der Waals surface area contributed by atoms with Gasteiger partial charge in [0.15, 0.2) is 0 Å². The van der Waals surface area contributed by atoms with Crippen molar-refractivity contribution in [3.8, 4) is 5.75 Å². The molecule has 0 spiro atoms. The molecule has 2 N–H and O–H groups in total. The number of ether oxygens (including phenoxy) is 1. The molecule has 0 aliphatic carbocycles. The minimum atomic E-state index is 0.172. The monoisotopic (exact) mass is 253 g/mol. The molecule has 0 fully saturated rings. The minimum absolute atomic E-state index is 0.172. The van der Waals surface area contributed by atoms with Gasteiger partial charge in [-0.2, -0.15) is 11.8 Å². The van der Waals surface area contributed by atoms with Crippen molar-refractivity contribution in [1.29, 1.82) is 0 Å². The molecule has 0 aliphatic rings. The Balaban J connectivity index is 2.62. The van der Waals surface area contributed by atoms with E-state index >= 15 is 0 Å². The molecule has 96 valence electrons.